The molecule has 2 heterocycles. The van der Waals surface area contributed by atoms with E-state index in [1.807, 2.05) is 32.9 Å². The van der Waals surface area contributed by atoms with Gasteiger partial charge in [0.05, 0.1) is 11.4 Å². The molecular formula is C21H33N3O3S. The molecule has 1 aromatic carbocycles. The first-order chi connectivity index (χ1) is 13.3. The number of sulfonamides is 1. The van der Waals surface area contributed by atoms with E-state index in [1.165, 1.54) is 6.42 Å². The van der Waals surface area contributed by atoms with Gasteiger partial charge in [0.2, 0.25) is 15.9 Å². The van der Waals surface area contributed by atoms with Crippen molar-refractivity contribution in [3.8, 4) is 0 Å². The van der Waals surface area contributed by atoms with Crippen LogP contribution in [0.15, 0.2) is 29.2 Å². The van der Waals surface area contributed by atoms with E-state index in [-0.39, 0.29) is 11.8 Å². The SMILES string of the molecule is Cc1ccc(S(=O)(=O)N2CCCN(C(=O)CN3CCCCC3)[C@H]2C(C)C)cc1. The second-order valence-corrected chi connectivity index (χ2v) is 10.3. The zero-order chi connectivity index (χ0) is 20.3. The van der Waals surface area contributed by atoms with Gasteiger partial charge in [0.15, 0.2) is 0 Å². The Balaban J connectivity index is 1.83. The highest BCUT2D eigenvalue weighted by atomic mass is 32.2. The molecule has 1 atom stereocenters. The van der Waals surface area contributed by atoms with Crippen LogP contribution in [-0.2, 0) is 14.8 Å². The highest BCUT2D eigenvalue weighted by Crippen LogP contribution is 2.28. The highest BCUT2D eigenvalue weighted by molar-refractivity contribution is 7.89. The van der Waals surface area contributed by atoms with Crippen LogP contribution in [0.1, 0.15) is 45.1 Å². The van der Waals surface area contributed by atoms with Crippen LogP contribution in [0.2, 0.25) is 0 Å². The van der Waals surface area contributed by atoms with Gasteiger partial charge in [0, 0.05) is 13.1 Å². The van der Waals surface area contributed by atoms with Crippen LogP contribution in [0.3, 0.4) is 0 Å². The van der Waals surface area contributed by atoms with Crippen molar-refractivity contribution in [2.75, 3.05) is 32.7 Å². The molecule has 2 fully saturated rings. The van der Waals surface area contributed by atoms with Gasteiger partial charge >= 0.3 is 0 Å². The Bertz CT molecular complexity index is 771. The van der Waals surface area contributed by atoms with Gasteiger partial charge in [-0.05, 0) is 57.3 Å². The fraction of sp³-hybridized carbons (Fsp3) is 0.667. The Morgan fingerprint density at radius 1 is 1.00 bits per heavy atom. The van der Waals surface area contributed by atoms with Gasteiger partial charge in [-0.15, -0.1) is 0 Å². The van der Waals surface area contributed by atoms with E-state index in [0.717, 1.165) is 31.5 Å². The van der Waals surface area contributed by atoms with Crippen molar-refractivity contribution in [1.82, 2.24) is 14.1 Å². The third kappa shape index (κ3) is 4.58. The first kappa shape index (κ1) is 21.3. The minimum absolute atomic E-state index is 0.0193. The Morgan fingerprint density at radius 2 is 1.64 bits per heavy atom. The molecule has 1 aromatic rings. The minimum atomic E-state index is -3.65. The maximum Gasteiger partial charge on any atom is 0.244 e. The number of hydrogen-bond donors (Lipinski definition) is 0. The Hall–Kier alpha value is -1.44. The number of likely N-dealkylation sites (tertiary alicyclic amines) is 1. The van der Waals surface area contributed by atoms with Crippen LogP contribution < -0.4 is 0 Å². The lowest BCUT2D eigenvalue weighted by Crippen LogP contribution is -2.61. The summed E-state index contributed by atoms with van der Waals surface area (Å²) >= 11 is 0. The van der Waals surface area contributed by atoms with E-state index in [4.69, 9.17) is 0 Å². The molecule has 0 saturated carbocycles. The Labute approximate surface area is 169 Å². The van der Waals surface area contributed by atoms with E-state index in [0.29, 0.717) is 31.0 Å². The highest BCUT2D eigenvalue weighted by Gasteiger charge is 2.41. The Morgan fingerprint density at radius 3 is 2.25 bits per heavy atom. The lowest BCUT2D eigenvalue weighted by atomic mass is 10.1. The number of benzene rings is 1. The summed E-state index contributed by atoms with van der Waals surface area (Å²) in [6.45, 7) is 9.30. The fourth-order valence-corrected chi connectivity index (χ4v) is 6.05. The standard InChI is InChI=1S/C21H33N3O3S/c1-17(2)21-23(20(25)16-22-12-5-4-6-13-22)14-7-15-24(21)28(26,27)19-10-8-18(3)9-11-19/h8-11,17,21H,4-7,12-16H2,1-3H3/t21-/m1/s1. The normalized spacial score (nSPS) is 22.6. The first-order valence-corrected chi connectivity index (χ1v) is 11.8. The third-order valence-corrected chi connectivity index (χ3v) is 7.63. The molecule has 0 aliphatic carbocycles. The van der Waals surface area contributed by atoms with Crippen LogP contribution >= 0.6 is 0 Å². The number of hydrogen-bond acceptors (Lipinski definition) is 4. The molecule has 6 nitrogen and oxygen atoms in total. The predicted molar refractivity (Wildman–Crippen MR) is 110 cm³/mol. The third-order valence-electron chi connectivity index (χ3n) is 5.74. The average molecular weight is 408 g/mol. The number of rotatable bonds is 5. The Kier molecular flexibility index (Phi) is 6.78. The van der Waals surface area contributed by atoms with Crippen LogP contribution in [0.25, 0.3) is 0 Å². The quantitative estimate of drug-likeness (QED) is 0.753. The van der Waals surface area contributed by atoms with Gasteiger partial charge in [-0.1, -0.05) is 38.0 Å². The number of aryl methyl sites for hydroxylation is 1. The van der Waals surface area contributed by atoms with Crippen LogP contribution in [0, 0.1) is 12.8 Å². The molecule has 1 amide bonds. The van der Waals surface area contributed by atoms with Crippen molar-refractivity contribution in [1.29, 1.82) is 0 Å². The minimum Gasteiger partial charge on any atom is -0.325 e. The molecule has 0 bridgehead atoms. The summed E-state index contributed by atoms with van der Waals surface area (Å²) in [7, 11) is -3.65. The molecule has 0 unspecified atom stereocenters. The molecule has 7 heteroatoms. The maximum atomic E-state index is 13.3. The van der Waals surface area contributed by atoms with Crippen LogP contribution in [0.5, 0.6) is 0 Å². The predicted octanol–water partition coefficient (Wildman–Crippen LogP) is 2.69. The van der Waals surface area contributed by atoms with E-state index < -0.39 is 16.2 Å². The molecule has 156 valence electrons. The molecule has 0 N–H and O–H groups in total. The second kappa shape index (κ2) is 8.93. The van der Waals surface area contributed by atoms with Crippen molar-refractivity contribution >= 4 is 15.9 Å². The van der Waals surface area contributed by atoms with Crippen molar-refractivity contribution < 1.29 is 13.2 Å². The monoisotopic (exact) mass is 407 g/mol. The number of amides is 1. The summed E-state index contributed by atoms with van der Waals surface area (Å²) < 4.78 is 28.2. The molecule has 2 aliphatic heterocycles. The summed E-state index contributed by atoms with van der Waals surface area (Å²) in [5, 5.41) is 0. The number of nitrogens with zero attached hydrogens (tertiary/aromatic N) is 3. The van der Waals surface area contributed by atoms with Crippen LogP contribution in [-0.4, -0.2) is 67.3 Å². The van der Waals surface area contributed by atoms with Crippen molar-refractivity contribution in [3.05, 3.63) is 29.8 Å². The topological polar surface area (TPSA) is 60.9 Å². The molecule has 28 heavy (non-hydrogen) atoms. The van der Waals surface area contributed by atoms with E-state index in [1.54, 1.807) is 21.3 Å². The number of carbonyl (C=O) groups excluding carboxylic acids is 1. The lowest BCUT2D eigenvalue weighted by molar-refractivity contribution is -0.141. The summed E-state index contributed by atoms with van der Waals surface area (Å²) in [6, 6.07) is 6.97. The summed E-state index contributed by atoms with van der Waals surface area (Å²) in [5.74, 6) is 0.0650. The lowest BCUT2D eigenvalue weighted by Gasteiger charge is -2.45. The summed E-state index contributed by atoms with van der Waals surface area (Å²) in [4.78, 5) is 17.4. The molecule has 0 spiro atoms. The zero-order valence-electron chi connectivity index (χ0n) is 17.3. The summed E-state index contributed by atoms with van der Waals surface area (Å²) in [5.41, 5.74) is 1.02. The summed E-state index contributed by atoms with van der Waals surface area (Å²) in [6.07, 6.45) is 3.73. The molecule has 3 rings (SSSR count). The average Bonchev–Trinajstić information content (AvgIpc) is 2.68. The van der Waals surface area contributed by atoms with Gasteiger partial charge in [-0.2, -0.15) is 4.31 Å². The van der Waals surface area contributed by atoms with Gasteiger partial charge in [0.25, 0.3) is 0 Å². The molecule has 0 aromatic heterocycles. The largest absolute Gasteiger partial charge is 0.325 e. The van der Waals surface area contributed by atoms with Crippen molar-refractivity contribution in [3.63, 3.8) is 0 Å². The molecule has 2 saturated heterocycles. The van der Waals surface area contributed by atoms with E-state index in [2.05, 4.69) is 4.90 Å². The molecular weight excluding hydrogens is 374 g/mol. The van der Waals surface area contributed by atoms with Gasteiger partial charge < -0.3 is 4.90 Å². The van der Waals surface area contributed by atoms with E-state index >= 15 is 0 Å². The van der Waals surface area contributed by atoms with Gasteiger partial charge in [-0.3, -0.25) is 9.69 Å². The van der Waals surface area contributed by atoms with Gasteiger partial charge in [0.1, 0.15) is 6.17 Å². The smallest absolute Gasteiger partial charge is 0.244 e. The molecule has 0 radical (unpaired) electrons. The maximum absolute atomic E-state index is 13.3. The van der Waals surface area contributed by atoms with Gasteiger partial charge in [-0.25, -0.2) is 8.42 Å². The zero-order valence-corrected chi connectivity index (χ0v) is 18.1. The first-order valence-electron chi connectivity index (χ1n) is 10.4. The number of carbonyl (C=O) groups is 1. The van der Waals surface area contributed by atoms with Crippen molar-refractivity contribution in [2.24, 2.45) is 5.92 Å². The number of piperidine rings is 1. The van der Waals surface area contributed by atoms with Crippen LogP contribution in [0.4, 0.5) is 0 Å². The second-order valence-electron chi connectivity index (χ2n) is 8.36. The van der Waals surface area contributed by atoms with Crippen molar-refractivity contribution in [2.45, 2.75) is 57.5 Å². The fourth-order valence-electron chi connectivity index (χ4n) is 4.29. The van der Waals surface area contributed by atoms with E-state index in [9.17, 15) is 13.2 Å². The molecule has 2 aliphatic rings.